The Balaban J connectivity index is 1.48. The number of amides is 1. The molecular formula is C20H28N4O3S. The lowest BCUT2D eigenvalue weighted by molar-refractivity contribution is 0.00529. The van der Waals surface area contributed by atoms with E-state index in [4.69, 9.17) is 4.74 Å². The molecule has 2 aromatic rings. The van der Waals surface area contributed by atoms with E-state index in [-0.39, 0.29) is 12.0 Å². The van der Waals surface area contributed by atoms with Gasteiger partial charge in [-0.05, 0) is 38.2 Å². The molecule has 3 N–H and O–H groups in total. The predicted molar refractivity (Wildman–Crippen MR) is 110 cm³/mol. The molecule has 0 spiro atoms. The smallest absolute Gasteiger partial charge is 0.261 e. The molecule has 7 nitrogen and oxygen atoms in total. The van der Waals surface area contributed by atoms with Crippen LogP contribution in [0.4, 0.5) is 5.82 Å². The average molecular weight is 405 g/mol. The number of nitrogens with one attached hydrogen (secondary N) is 2. The van der Waals surface area contributed by atoms with Crippen molar-refractivity contribution in [3.8, 4) is 0 Å². The van der Waals surface area contributed by atoms with Crippen LogP contribution in [0, 0.1) is 6.92 Å². The molecule has 0 bridgehead atoms. The Labute approximate surface area is 168 Å². The molecule has 1 aliphatic carbocycles. The largest absolute Gasteiger partial charge is 0.388 e. The minimum absolute atomic E-state index is 0.149. The number of hydrogen-bond acceptors (Lipinski definition) is 7. The number of fused-ring (bicyclic) bond motifs is 1. The number of hydrogen-bond donors (Lipinski definition) is 3. The van der Waals surface area contributed by atoms with Crippen LogP contribution in [0.15, 0.2) is 6.33 Å². The Bertz CT molecular complexity index is 841. The summed E-state index contributed by atoms with van der Waals surface area (Å²) in [4.78, 5) is 23.0. The van der Waals surface area contributed by atoms with Gasteiger partial charge < -0.3 is 20.5 Å². The molecule has 1 unspecified atom stereocenters. The highest BCUT2D eigenvalue weighted by molar-refractivity contribution is 7.20. The van der Waals surface area contributed by atoms with Crippen molar-refractivity contribution in [2.45, 2.75) is 63.6 Å². The zero-order valence-electron chi connectivity index (χ0n) is 16.3. The van der Waals surface area contributed by atoms with Gasteiger partial charge in [0.05, 0.1) is 22.0 Å². The minimum atomic E-state index is -0.772. The van der Waals surface area contributed by atoms with Crippen LogP contribution in [0.1, 0.15) is 60.2 Å². The maximum Gasteiger partial charge on any atom is 0.261 e. The molecule has 3 heterocycles. The number of rotatable bonds is 6. The van der Waals surface area contributed by atoms with E-state index in [2.05, 4.69) is 20.6 Å². The van der Waals surface area contributed by atoms with Gasteiger partial charge in [0, 0.05) is 19.7 Å². The van der Waals surface area contributed by atoms with Crippen LogP contribution >= 0.6 is 11.3 Å². The second-order valence-electron chi connectivity index (χ2n) is 7.94. The van der Waals surface area contributed by atoms with E-state index >= 15 is 0 Å². The van der Waals surface area contributed by atoms with Crippen molar-refractivity contribution in [2.75, 3.05) is 25.0 Å². The lowest BCUT2D eigenvalue weighted by Gasteiger charge is -2.32. The number of anilines is 1. The Morgan fingerprint density at radius 1 is 1.32 bits per heavy atom. The first-order valence-corrected chi connectivity index (χ1v) is 11.0. The van der Waals surface area contributed by atoms with Crippen molar-refractivity contribution < 1.29 is 14.6 Å². The van der Waals surface area contributed by atoms with Crippen LogP contribution in [0.3, 0.4) is 0 Å². The van der Waals surface area contributed by atoms with Crippen molar-refractivity contribution >= 4 is 33.3 Å². The molecule has 1 amide bonds. The lowest BCUT2D eigenvalue weighted by Crippen LogP contribution is -2.44. The fourth-order valence-electron chi connectivity index (χ4n) is 4.15. The van der Waals surface area contributed by atoms with Crippen LogP contribution in [-0.4, -0.2) is 52.4 Å². The van der Waals surface area contributed by atoms with Gasteiger partial charge in [-0.25, -0.2) is 9.97 Å². The SMILES string of the molecule is Cc1c(C(=O)NCC2(O)CCCCC2)sc2ncnc(NCC3CCCO3)c12. The van der Waals surface area contributed by atoms with Gasteiger partial charge in [-0.2, -0.15) is 0 Å². The fourth-order valence-corrected chi connectivity index (χ4v) is 5.21. The molecule has 1 atom stereocenters. The number of ether oxygens (including phenoxy) is 1. The Hall–Kier alpha value is -1.77. The van der Waals surface area contributed by atoms with E-state index < -0.39 is 5.60 Å². The van der Waals surface area contributed by atoms with Gasteiger partial charge in [-0.3, -0.25) is 4.79 Å². The zero-order chi connectivity index (χ0) is 19.6. The highest BCUT2D eigenvalue weighted by Gasteiger charge is 2.30. The van der Waals surface area contributed by atoms with E-state index in [9.17, 15) is 9.90 Å². The second-order valence-corrected chi connectivity index (χ2v) is 8.94. The summed E-state index contributed by atoms with van der Waals surface area (Å²) in [5, 5.41) is 17.8. The summed E-state index contributed by atoms with van der Waals surface area (Å²) >= 11 is 1.37. The van der Waals surface area contributed by atoms with Crippen molar-refractivity contribution in [1.82, 2.24) is 15.3 Å². The highest BCUT2D eigenvalue weighted by Crippen LogP contribution is 2.34. The molecule has 0 aromatic carbocycles. The van der Waals surface area contributed by atoms with Crippen LogP contribution in [0.5, 0.6) is 0 Å². The predicted octanol–water partition coefficient (Wildman–Crippen LogP) is 3.02. The third kappa shape index (κ3) is 4.14. The van der Waals surface area contributed by atoms with Crippen LogP contribution < -0.4 is 10.6 Å². The number of aryl methyl sites for hydroxylation is 1. The molecule has 4 rings (SSSR count). The summed E-state index contributed by atoms with van der Waals surface area (Å²) in [6, 6.07) is 0. The molecule has 2 aliphatic rings. The molecule has 1 saturated carbocycles. The molecule has 8 heteroatoms. The third-order valence-corrected chi connectivity index (χ3v) is 7.02. The maximum atomic E-state index is 12.8. The van der Waals surface area contributed by atoms with Crippen LogP contribution in [-0.2, 0) is 4.74 Å². The number of carbonyl (C=O) groups is 1. The minimum Gasteiger partial charge on any atom is -0.388 e. The molecule has 0 radical (unpaired) electrons. The van der Waals surface area contributed by atoms with Crippen molar-refractivity contribution in [3.63, 3.8) is 0 Å². The first kappa shape index (κ1) is 19.5. The Kier molecular flexibility index (Phi) is 5.80. The molecule has 2 fully saturated rings. The van der Waals surface area contributed by atoms with Gasteiger partial charge in [0.15, 0.2) is 0 Å². The second kappa shape index (κ2) is 8.31. The van der Waals surface area contributed by atoms with Crippen molar-refractivity contribution in [1.29, 1.82) is 0 Å². The van der Waals surface area contributed by atoms with Gasteiger partial charge in [0.2, 0.25) is 0 Å². The first-order chi connectivity index (χ1) is 13.6. The van der Waals surface area contributed by atoms with Gasteiger partial charge in [0.1, 0.15) is 17.0 Å². The van der Waals surface area contributed by atoms with E-state index in [0.29, 0.717) is 18.0 Å². The lowest BCUT2D eigenvalue weighted by atomic mass is 9.85. The fraction of sp³-hybridized carbons (Fsp3) is 0.650. The van der Waals surface area contributed by atoms with E-state index in [1.165, 1.54) is 17.7 Å². The summed E-state index contributed by atoms with van der Waals surface area (Å²) in [7, 11) is 0. The summed E-state index contributed by atoms with van der Waals surface area (Å²) in [5.74, 6) is 0.601. The molecule has 152 valence electrons. The van der Waals surface area contributed by atoms with E-state index in [1.54, 1.807) is 0 Å². The van der Waals surface area contributed by atoms with E-state index in [0.717, 1.165) is 73.2 Å². The summed E-state index contributed by atoms with van der Waals surface area (Å²) in [6.07, 6.45) is 8.59. The number of thiophene rings is 1. The maximum absolute atomic E-state index is 12.8. The van der Waals surface area contributed by atoms with Crippen molar-refractivity contribution in [3.05, 3.63) is 16.8 Å². The Morgan fingerprint density at radius 3 is 2.89 bits per heavy atom. The van der Waals surface area contributed by atoms with Crippen LogP contribution in [0.25, 0.3) is 10.2 Å². The first-order valence-electron chi connectivity index (χ1n) is 10.2. The number of aliphatic hydroxyl groups is 1. The molecular weight excluding hydrogens is 376 g/mol. The molecule has 2 aromatic heterocycles. The van der Waals surface area contributed by atoms with Crippen molar-refractivity contribution in [2.24, 2.45) is 0 Å². The molecule has 1 saturated heterocycles. The third-order valence-electron chi connectivity index (χ3n) is 5.82. The highest BCUT2D eigenvalue weighted by atomic mass is 32.1. The van der Waals surface area contributed by atoms with Gasteiger partial charge in [0.25, 0.3) is 5.91 Å². The van der Waals surface area contributed by atoms with Gasteiger partial charge in [-0.15, -0.1) is 11.3 Å². The van der Waals surface area contributed by atoms with Gasteiger partial charge >= 0.3 is 0 Å². The van der Waals surface area contributed by atoms with Crippen LogP contribution in [0.2, 0.25) is 0 Å². The summed E-state index contributed by atoms with van der Waals surface area (Å²) in [5.41, 5.74) is 0.107. The number of nitrogens with zero attached hydrogens (tertiary/aromatic N) is 2. The Morgan fingerprint density at radius 2 is 2.14 bits per heavy atom. The molecule has 28 heavy (non-hydrogen) atoms. The zero-order valence-corrected chi connectivity index (χ0v) is 17.1. The average Bonchev–Trinajstić information content (AvgIpc) is 3.33. The number of aromatic nitrogens is 2. The summed E-state index contributed by atoms with van der Waals surface area (Å²) < 4.78 is 5.67. The standard InChI is InChI=1S/C20H28N4O3S/c1-13-15-17(21-10-14-6-5-9-27-14)23-12-24-19(15)28-16(13)18(25)22-11-20(26)7-3-2-4-8-20/h12,14,26H,2-11H2,1H3,(H,22,25)(H,21,23,24). The van der Waals surface area contributed by atoms with Gasteiger partial charge in [-0.1, -0.05) is 19.3 Å². The number of carbonyl (C=O) groups excluding carboxylic acids is 1. The topological polar surface area (TPSA) is 96.4 Å². The molecule has 1 aliphatic heterocycles. The monoisotopic (exact) mass is 404 g/mol. The normalized spacial score (nSPS) is 21.7. The quantitative estimate of drug-likeness (QED) is 0.685. The van der Waals surface area contributed by atoms with E-state index in [1.807, 2.05) is 6.92 Å². The summed E-state index contributed by atoms with van der Waals surface area (Å²) in [6.45, 7) is 3.76.